The molecule has 0 saturated carbocycles. The number of halogens is 1. The lowest BCUT2D eigenvalue weighted by Crippen LogP contribution is -2.35. The van der Waals surface area contributed by atoms with Gasteiger partial charge in [-0.3, -0.25) is 0 Å². The first-order valence-electron chi connectivity index (χ1n) is 7.02. The van der Waals surface area contributed by atoms with E-state index in [4.69, 9.17) is 11.6 Å². The van der Waals surface area contributed by atoms with Gasteiger partial charge in [0.1, 0.15) is 0 Å². The molecule has 0 N–H and O–H groups in total. The second-order valence-electron chi connectivity index (χ2n) is 5.81. The molecule has 1 heterocycles. The molecule has 0 spiro atoms. The predicted octanol–water partition coefficient (Wildman–Crippen LogP) is 4.61. The molecule has 100 valence electrons. The van der Waals surface area contributed by atoms with Gasteiger partial charge in [-0.2, -0.15) is 0 Å². The molecule has 1 fully saturated rings. The summed E-state index contributed by atoms with van der Waals surface area (Å²) in [4.78, 5) is 2.52. The molecule has 0 radical (unpaired) electrons. The Morgan fingerprint density at radius 1 is 1.28 bits per heavy atom. The van der Waals surface area contributed by atoms with Gasteiger partial charge in [0.15, 0.2) is 0 Å². The van der Waals surface area contributed by atoms with Crippen molar-refractivity contribution in [2.45, 2.75) is 39.5 Å². The second kappa shape index (κ2) is 5.97. The highest BCUT2D eigenvalue weighted by Gasteiger charge is 2.21. The van der Waals surface area contributed by atoms with Gasteiger partial charge >= 0.3 is 0 Å². The average Bonchev–Trinajstić information content (AvgIpc) is 2.38. The molecule has 2 heteroatoms. The Hall–Kier alpha value is -0.690. The third-order valence-corrected chi connectivity index (χ3v) is 4.61. The van der Waals surface area contributed by atoms with Gasteiger partial charge in [0.25, 0.3) is 0 Å². The maximum Gasteiger partial charge on any atom is 0.0476 e. The van der Waals surface area contributed by atoms with Gasteiger partial charge in [0.2, 0.25) is 0 Å². The SMILES string of the molecule is Cc1cc(N2CCC(C(C)C)CC2)ccc1CCl. The zero-order valence-corrected chi connectivity index (χ0v) is 12.5. The zero-order valence-electron chi connectivity index (χ0n) is 11.7. The lowest BCUT2D eigenvalue weighted by atomic mass is 9.86. The molecule has 0 atom stereocenters. The lowest BCUT2D eigenvalue weighted by Gasteiger charge is -2.35. The fraction of sp³-hybridized carbons (Fsp3) is 0.625. The third-order valence-electron chi connectivity index (χ3n) is 4.32. The molecule has 0 aliphatic carbocycles. The van der Waals surface area contributed by atoms with Gasteiger partial charge < -0.3 is 4.90 Å². The van der Waals surface area contributed by atoms with Crippen LogP contribution >= 0.6 is 11.6 Å². The van der Waals surface area contributed by atoms with Crippen LogP contribution in [-0.2, 0) is 5.88 Å². The van der Waals surface area contributed by atoms with Crippen molar-refractivity contribution in [3.63, 3.8) is 0 Å². The highest BCUT2D eigenvalue weighted by molar-refractivity contribution is 6.17. The molecule has 1 nitrogen and oxygen atoms in total. The van der Waals surface area contributed by atoms with Crippen molar-refractivity contribution in [3.05, 3.63) is 29.3 Å². The topological polar surface area (TPSA) is 3.24 Å². The molecule has 0 bridgehead atoms. The molecule has 2 rings (SSSR count). The Bertz CT molecular complexity index is 392. The van der Waals surface area contributed by atoms with Crippen molar-refractivity contribution in [2.75, 3.05) is 18.0 Å². The molecule has 1 saturated heterocycles. The summed E-state index contributed by atoms with van der Waals surface area (Å²) in [5.74, 6) is 2.35. The molecule has 1 aromatic rings. The molecule has 1 aromatic carbocycles. The summed E-state index contributed by atoms with van der Waals surface area (Å²) >= 11 is 5.91. The Morgan fingerprint density at radius 2 is 1.94 bits per heavy atom. The Labute approximate surface area is 116 Å². The molecule has 0 aromatic heterocycles. The van der Waals surface area contributed by atoms with Crippen LogP contribution in [0, 0.1) is 18.8 Å². The van der Waals surface area contributed by atoms with E-state index in [9.17, 15) is 0 Å². The van der Waals surface area contributed by atoms with Gasteiger partial charge in [0.05, 0.1) is 0 Å². The first kappa shape index (κ1) is 13.7. The zero-order chi connectivity index (χ0) is 13.1. The Balaban J connectivity index is 2.03. The fourth-order valence-corrected chi connectivity index (χ4v) is 3.15. The van der Waals surface area contributed by atoms with Crippen LogP contribution in [0.4, 0.5) is 5.69 Å². The molecule has 18 heavy (non-hydrogen) atoms. The second-order valence-corrected chi connectivity index (χ2v) is 6.08. The van der Waals surface area contributed by atoms with Crippen LogP contribution in [0.5, 0.6) is 0 Å². The largest absolute Gasteiger partial charge is 0.372 e. The monoisotopic (exact) mass is 265 g/mol. The van der Waals surface area contributed by atoms with E-state index in [0.717, 1.165) is 11.8 Å². The van der Waals surface area contributed by atoms with Gasteiger partial charge in [-0.15, -0.1) is 11.6 Å². The van der Waals surface area contributed by atoms with Crippen molar-refractivity contribution in [1.82, 2.24) is 0 Å². The predicted molar refractivity (Wildman–Crippen MR) is 80.5 cm³/mol. The summed E-state index contributed by atoms with van der Waals surface area (Å²) in [7, 11) is 0. The van der Waals surface area contributed by atoms with E-state index in [1.807, 2.05) is 0 Å². The molecular weight excluding hydrogens is 242 g/mol. The normalized spacial score (nSPS) is 17.5. The quantitative estimate of drug-likeness (QED) is 0.722. The van der Waals surface area contributed by atoms with Gasteiger partial charge in [0, 0.05) is 24.7 Å². The van der Waals surface area contributed by atoms with Crippen LogP contribution in [0.2, 0.25) is 0 Å². The van der Waals surface area contributed by atoms with E-state index in [2.05, 4.69) is 43.9 Å². The minimum absolute atomic E-state index is 0.613. The first-order chi connectivity index (χ1) is 8.61. The minimum Gasteiger partial charge on any atom is -0.372 e. The molecule has 1 aliphatic heterocycles. The molecule has 0 unspecified atom stereocenters. The van der Waals surface area contributed by atoms with E-state index in [0.29, 0.717) is 5.88 Å². The highest BCUT2D eigenvalue weighted by Crippen LogP contribution is 2.28. The average molecular weight is 266 g/mol. The van der Waals surface area contributed by atoms with Gasteiger partial charge in [-0.25, -0.2) is 0 Å². The maximum atomic E-state index is 5.91. The Morgan fingerprint density at radius 3 is 2.44 bits per heavy atom. The molecule has 1 aliphatic rings. The van der Waals surface area contributed by atoms with Crippen molar-refractivity contribution < 1.29 is 0 Å². The lowest BCUT2D eigenvalue weighted by molar-refractivity contribution is 0.311. The number of piperidine rings is 1. The van der Waals surface area contributed by atoms with Crippen molar-refractivity contribution in [3.8, 4) is 0 Å². The standard InChI is InChI=1S/C16H24ClN/c1-12(2)14-6-8-18(9-7-14)16-5-4-15(11-17)13(3)10-16/h4-5,10,12,14H,6-9,11H2,1-3H3. The van der Waals surface area contributed by atoms with E-state index in [-0.39, 0.29) is 0 Å². The van der Waals surface area contributed by atoms with Crippen LogP contribution < -0.4 is 4.90 Å². The number of alkyl halides is 1. The number of nitrogens with zero attached hydrogens (tertiary/aromatic N) is 1. The van der Waals surface area contributed by atoms with Gasteiger partial charge in [-0.05, 0) is 54.9 Å². The third kappa shape index (κ3) is 3.00. The summed E-state index contributed by atoms with van der Waals surface area (Å²) in [5.41, 5.74) is 3.93. The van der Waals surface area contributed by atoms with E-state index in [1.54, 1.807) is 0 Å². The highest BCUT2D eigenvalue weighted by atomic mass is 35.5. The van der Waals surface area contributed by atoms with Crippen LogP contribution in [0.1, 0.15) is 37.8 Å². The van der Waals surface area contributed by atoms with Crippen molar-refractivity contribution in [2.24, 2.45) is 11.8 Å². The number of hydrogen-bond donors (Lipinski definition) is 0. The van der Waals surface area contributed by atoms with E-state index < -0.39 is 0 Å². The summed E-state index contributed by atoms with van der Waals surface area (Å²) in [5, 5.41) is 0. The summed E-state index contributed by atoms with van der Waals surface area (Å²) in [6.45, 7) is 9.24. The van der Waals surface area contributed by atoms with E-state index >= 15 is 0 Å². The summed E-state index contributed by atoms with van der Waals surface area (Å²) in [6.07, 6.45) is 2.65. The van der Waals surface area contributed by atoms with Crippen molar-refractivity contribution in [1.29, 1.82) is 0 Å². The van der Waals surface area contributed by atoms with Crippen LogP contribution in [0.25, 0.3) is 0 Å². The van der Waals surface area contributed by atoms with Gasteiger partial charge in [-0.1, -0.05) is 19.9 Å². The number of rotatable bonds is 3. The first-order valence-corrected chi connectivity index (χ1v) is 7.55. The summed E-state index contributed by atoms with van der Waals surface area (Å²) in [6, 6.07) is 6.68. The number of benzene rings is 1. The number of aryl methyl sites for hydroxylation is 1. The van der Waals surface area contributed by atoms with E-state index in [1.165, 1.54) is 42.7 Å². The maximum absolute atomic E-state index is 5.91. The molecular formula is C16H24ClN. The number of anilines is 1. The van der Waals surface area contributed by atoms with Crippen LogP contribution in [0.15, 0.2) is 18.2 Å². The number of hydrogen-bond acceptors (Lipinski definition) is 1. The molecule has 0 amide bonds. The Kier molecular flexibility index (Phi) is 4.55. The van der Waals surface area contributed by atoms with Crippen molar-refractivity contribution >= 4 is 17.3 Å². The fourth-order valence-electron chi connectivity index (χ4n) is 2.85. The summed E-state index contributed by atoms with van der Waals surface area (Å²) < 4.78 is 0. The smallest absolute Gasteiger partial charge is 0.0476 e. The van der Waals surface area contributed by atoms with Crippen LogP contribution in [-0.4, -0.2) is 13.1 Å². The minimum atomic E-state index is 0.613. The van der Waals surface area contributed by atoms with Crippen LogP contribution in [0.3, 0.4) is 0 Å².